The van der Waals surface area contributed by atoms with E-state index in [1.54, 1.807) is 11.3 Å². The number of hydrogen-bond acceptors (Lipinski definition) is 4. The van der Waals surface area contributed by atoms with Crippen LogP contribution in [0.3, 0.4) is 0 Å². The molecule has 2 aromatic heterocycles. The quantitative estimate of drug-likeness (QED) is 0.158. The van der Waals surface area contributed by atoms with Crippen LogP contribution in [0.25, 0.3) is 84.8 Å². The van der Waals surface area contributed by atoms with Crippen molar-refractivity contribution in [2.45, 2.75) is 0 Å². The first-order valence-electron chi connectivity index (χ1n) is 18.5. The van der Waals surface area contributed by atoms with Crippen molar-refractivity contribution >= 4 is 91.7 Å². The second-order valence-corrected chi connectivity index (χ2v) is 16.0. The van der Waals surface area contributed by atoms with Gasteiger partial charge in [-0.05, 0) is 93.0 Å². The van der Waals surface area contributed by atoms with Gasteiger partial charge in [-0.15, -0.1) is 22.7 Å². The van der Waals surface area contributed by atoms with Crippen molar-refractivity contribution in [3.05, 3.63) is 194 Å². The molecule has 0 spiro atoms. The summed E-state index contributed by atoms with van der Waals surface area (Å²) in [5, 5.41) is 8.52. The van der Waals surface area contributed by atoms with Crippen molar-refractivity contribution in [1.82, 2.24) is 4.98 Å². The number of thiazole rings is 1. The van der Waals surface area contributed by atoms with E-state index in [0.717, 1.165) is 33.1 Å². The highest BCUT2D eigenvalue weighted by molar-refractivity contribution is 7.25. The Balaban J connectivity index is 1.14. The minimum absolute atomic E-state index is 1.03. The van der Waals surface area contributed by atoms with E-state index in [1.807, 2.05) is 11.3 Å². The summed E-state index contributed by atoms with van der Waals surface area (Å²) in [4.78, 5) is 7.55. The molecule has 0 N–H and O–H groups in total. The Labute approximate surface area is 326 Å². The third kappa shape index (κ3) is 5.49. The van der Waals surface area contributed by atoms with Crippen LogP contribution in [0.15, 0.2) is 194 Å². The lowest BCUT2D eigenvalue weighted by atomic mass is 9.94. The van der Waals surface area contributed by atoms with E-state index in [2.05, 4.69) is 199 Å². The fourth-order valence-corrected chi connectivity index (χ4v) is 10.3. The number of fused-ring (bicyclic) bond motifs is 8. The van der Waals surface area contributed by atoms with Crippen molar-refractivity contribution < 1.29 is 0 Å². The highest BCUT2D eigenvalue weighted by Crippen LogP contribution is 2.45. The number of benzene rings is 9. The summed E-state index contributed by atoms with van der Waals surface area (Å²) in [6.07, 6.45) is 0. The van der Waals surface area contributed by atoms with Crippen molar-refractivity contribution in [3.63, 3.8) is 0 Å². The number of aromatic nitrogens is 1. The van der Waals surface area contributed by atoms with Gasteiger partial charge in [0.2, 0.25) is 0 Å². The van der Waals surface area contributed by atoms with Gasteiger partial charge in [0.1, 0.15) is 5.01 Å². The van der Waals surface area contributed by atoms with Gasteiger partial charge in [0.15, 0.2) is 0 Å². The zero-order valence-corrected chi connectivity index (χ0v) is 31.3. The summed E-state index contributed by atoms with van der Waals surface area (Å²) in [5.74, 6) is 0. The maximum absolute atomic E-state index is 5.12. The van der Waals surface area contributed by atoms with E-state index in [4.69, 9.17) is 4.98 Å². The zero-order valence-electron chi connectivity index (χ0n) is 29.7. The van der Waals surface area contributed by atoms with E-state index in [9.17, 15) is 0 Å². The molecule has 2 heterocycles. The maximum atomic E-state index is 5.12. The van der Waals surface area contributed by atoms with Crippen molar-refractivity contribution in [3.8, 4) is 32.8 Å². The van der Waals surface area contributed by atoms with Crippen LogP contribution >= 0.6 is 22.7 Å². The van der Waals surface area contributed by atoms with Crippen molar-refractivity contribution in [2.24, 2.45) is 0 Å². The van der Waals surface area contributed by atoms with Gasteiger partial charge in [-0.3, -0.25) is 0 Å². The number of anilines is 3. The van der Waals surface area contributed by atoms with Crippen LogP contribution in [-0.4, -0.2) is 4.98 Å². The molecule has 4 heteroatoms. The molecule has 2 nitrogen and oxygen atoms in total. The molecule has 0 unspecified atom stereocenters. The van der Waals surface area contributed by atoms with Gasteiger partial charge in [-0.1, -0.05) is 140 Å². The molecule has 0 aliphatic rings. The smallest absolute Gasteiger partial charge is 0.124 e. The molecule has 0 bridgehead atoms. The Bertz CT molecular complexity index is 3220. The van der Waals surface area contributed by atoms with E-state index in [-0.39, 0.29) is 0 Å². The fourth-order valence-electron chi connectivity index (χ4n) is 8.07. The third-order valence-corrected chi connectivity index (χ3v) is 13.0. The Morgan fingerprint density at radius 3 is 1.82 bits per heavy atom. The SMILES string of the molecule is c1ccc(-c2nc3ccc4ccc5ccc(N(c6cccc(-c7ccccc7-c7ccccc7)c6)c6ccc7sc8ccccc8c7c6)cc5c4c3s2)cc1. The van der Waals surface area contributed by atoms with Crippen LogP contribution in [0.1, 0.15) is 0 Å². The maximum Gasteiger partial charge on any atom is 0.124 e. The van der Waals surface area contributed by atoms with Gasteiger partial charge in [-0.25, -0.2) is 4.98 Å². The van der Waals surface area contributed by atoms with E-state index in [0.29, 0.717) is 0 Å². The third-order valence-electron chi connectivity index (χ3n) is 10.7. The number of hydrogen-bond donors (Lipinski definition) is 0. The molecule has 0 amide bonds. The standard InChI is InChI=1S/C51H32N2S2/c1-3-12-33(13-4-1)41-18-7-8-19-42(41)37-16-11-17-38(30-37)53(40-27-29-48-45(32-40)43-20-9-10-21-47(43)54-48)39-26-24-34-22-23-35-25-28-46-50(49(35)44(34)31-39)55-51(52-46)36-14-5-2-6-15-36/h1-32H. The van der Waals surface area contributed by atoms with Crippen LogP contribution in [0.4, 0.5) is 17.1 Å². The lowest BCUT2D eigenvalue weighted by Crippen LogP contribution is -2.10. The van der Waals surface area contributed by atoms with Crippen LogP contribution in [0.2, 0.25) is 0 Å². The number of rotatable bonds is 6. The van der Waals surface area contributed by atoms with Crippen molar-refractivity contribution in [2.75, 3.05) is 4.90 Å². The van der Waals surface area contributed by atoms with Gasteiger partial charge in [-0.2, -0.15) is 0 Å². The second-order valence-electron chi connectivity index (χ2n) is 13.9. The molecule has 258 valence electrons. The van der Waals surface area contributed by atoms with E-state index >= 15 is 0 Å². The number of nitrogens with zero attached hydrogens (tertiary/aromatic N) is 2. The van der Waals surface area contributed by atoms with Crippen LogP contribution in [0.5, 0.6) is 0 Å². The lowest BCUT2D eigenvalue weighted by molar-refractivity contribution is 1.30. The van der Waals surface area contributed by atoms with Gasteiger partial charge < -0.3 is 4.90 Å². The van der Waals surface area contributed by atoms with Crippen LogP contribution in [-0.2, 0) is 0 Å². The number of thiophene rings is 1. The Morgan fingerprint density at radius 1 is 0.382 bits per heavy atom. The first-order valence-corrected chi connectivity index (χ1v) is 20.2. The average molecular weight is 737 g/mol. The Kier molecular flexibility index (Phi) is 7.58. The molecular weight excluding hydrogens is 705 g/mol. The molecule has 0 atom stereocenters. The summed E-state index contributed by atoms with van der Waals surface area (Å²) in [5.41, 5.74) is 10.3. The summed E-state index contributed by atoms with van der Waals surface area (Å²) >= 11 is 3.64. The largest absolute Gasteiger partial charge is 0.310 e. The van der Waals surface area contributed by atoms with E-state index in [1.165, 1.54) is 68.7 Å². The minimum atomic E-state index is 1.03. The summed E-state index contributed by atoms with van der Waals surface area (Å²) in [6, 6.07) is 70.5. The van der Waals surface area contributed by atoms with Gasteiger partial charge in [0.05, 0.1) is 10.2 Å². The normalized spacial score (nSPS) is 11.6. The molecule has 0 radical (unpaired) electrons. The predicted octanol–water partition coefficient (Wildman–Crippen LogP) is 15.4. The van der Waals surface area contributed by atoms with Crippen LogP contribution < -0.4 is 4.90 Å². The van der Waals surface area contributed by atoms with Gasteiger partial charge >= 0.3 is 0 Å². The fraction of sp³-hybridized carbons (Fsp3) is 0. The van der Waals surface area contributed by atoms with E-state index < -0.39 is 0 Å². The predicted molar refractivity (Wildman–Crippen MR) is 239 cm³/mol. The van der Waals surface area contributed by atoms with Gasteiger partial charge in [0.25, 0.3) is 0 Å². The highest BCUT2D eigenvalue weighted by atomic mass is 32.1. The summed E-state index contributed by atoms with van der Waals surface area (Å²) in [6.45, 7) is 0. The Hall–Kier alpha value is -6.59. The minimum Gasteiger partial charge on any atom is -0.310 e. The highest BCUT2D eigenvalue weighted by Gasteiger charge is 2.19. The average Bonchev–Trinajstić information content (AvgIpc) is 3.86. The summed E-state index contributed by atoms with van der Waals surface area (Å²) in [7, 11) is 0. The molecule has 0 saturated carbocycles. The molecule has 0 saturated heterocycles. The zero-order chi connectivity index (χ0) is 36.3. The molecule has 0 fully saturated rings. The Morgan fingerprint density at radius 2 is 0.982 bits per heavy atom. The van der Waals surface area contributed by atoms with Crippen LogP contribution in [0, 0.1) is 0 Å². The molecule has 9 aromatic carbocycles. The monoisotopic (exact) mass is 736 g/mol. The second kappa shape index (κ2) is 13.1. The summed E-state index contributed by atoms with van der Waals surface area (Å²) < 4.78 is 3.82. The van der Waals surface area contributed by atoms with Crippen molar-refractivity contribution in [1.29, 1.82) is 0 Å². The molecule has 0 aliphatic carbocycles. The molecule has 0 aliphatic heterocycles. The molecule has 55 heavy (non-hydrogen) atoms. The molecular formula is C51H32N2S2. The van der Waals surface area contributed by atoms with Gasteiger partial charge in [0, 0.05) is 48.2 Å². The lowest BCUT2D eigenvalue weighted by Gasteiger charge is -2.27. The molecule has 11 aromatic rings. The first-order chi connectivity index (χ1) is 27.2. The topological polar surface area (TPSA) is 16.1 Å². The molecule has 11 rings (SSSR count). The first kappa shape index (κ1) is 31.9.